The van der Waals surface area contributed by atoms with E-state index in [1.807, 2.05) is 52.0 Å². The van der Waals surface area contributed by atoms with E-state index in [9.17, 15) is 4.79 Å². The smallest absolute Gasteiger partial charge is 0.226 e. The summed E-state index contributed by atoms with van der Waals surface area (Å²) in [5.74, 6) is 0.104. The Balaban J connectivity index is 2.73. The lowest BCUT2D eigenvalue weighted by molar-refractivity contribution is -0.130. The Labute approximate surface area is 112 Å². The number of hydrogen-bond donors (Lipinski definition) is 1. The van der Waals surface area contributed by atoms with E-state index in [1.54, 1.807) is 0 Å². The molecule has 0 saturated heterocycles. The van der Waals surface area contributed by atoms with Gasteiger partial charge in [-0.3, -0.25) is 4.79 Å². The van der Waals surface area contributed by atoms with Gasteiger partial charge in [0, 0.05) is 9.89 Å². The van der Waals surface area contributed by atoms with Gasteiger partial charge in [-0.15, -0.1) is 0 Å². The first-order valence-electron chi connectivity index (χ1n) is 5.93. The number of amides is 1. The Morgan fingerprint density at radius 1 is 1.47 bits per heavy atom. The minimum Gasteiger partial charge on any atom is -0.349 e. The van der Waals surface area contributed by atoms with Crippen molar-refractivity contribution < 1.29 is 4.79 Å². The van der Waals surface area contributed by atoms with Crippen molar-refractivity contribution in [1.29, 1.82) is 0 Å². The second kappa shape index (κ2) is 5.67. The average Bonchev–Trinajstić information content (AvgIpc) is 2.28. The molecule has 1 rings (SSSR count). The van der Waals surface area contributed by atoms with Crippen molar-refractivity contribution >= 4 is 21.8 Å². The normalized spacial score (nSPS) is 13.2. The monoisotopic (exact) mass is 297 g/mol. The van der Waals surface area contributed by atoms with Gasteiger partial charge in [0.1, 0.15) is 0 Å². The van der Waals surface area contributed by atoms with E-state index in [0.717, 1.165) is 16.5 Å². The number of halogens is 1. The SMILES string of the molecule is CCC(C)(C)C(=O)NC(C)c1cccc(Br)c1. The van der Waals surface area contributed by atoms with Crippen molar-refractivity contribution in [3.8, 4) is 0 Å². The zero-order valence-corrected chi connectivity index (χ0v) is 12.5. The highest BCUT2D eigenvalue weighted by Gasteiger charge is 2.26. The maximum Gasteiger partial charge on any atom is 0.226 e. The molecule has 1 atom stereocenters. The van der Waals surface area contributed by atoms with Crippen LogP contribution in [0.1, 0.15) is 45.7 Å². The first-order valence-corrected chi connectivity index (χ1v) is 6.72. The summed E-state index contributed by atoms with van der Waals surface area (Å²) in [6.45, 7) is 7.97. The second-order valence-corrected chi connectivity index (χ2v) is 5.90. The van der Waals surface area contributed by atoms with Crippen molar-refractivity contribution in [3.63, 3.8) is 0 Å². The van der Waals surface area contributed by atoms with Crippen molar-refractivity contribution in [2.45, 2.75) is 40.2 Å². The lowest BCUT2D eigenvalue weighted by Gasteiger charge is -2.24. The summed E-state index contributed by atoms with van der Waals surface area (Å²) in [5.41, 5.74) is 0.805. The zero-order chi connectivity index (χ0) is 13.1. The highest BCUT2D eigenvalue weighted by molar-refractivity contribution is 9.10. The molecule has 0 spiro atoms. The summed E-state index contributed by atoms with van der Waals surface area (Å²) >= 11 is 3.44. The third kappa shape index (κ3) is 3.84. The second-order valence-electron chi connectivity index (χ2n) is 4.99. The van der Waals surface area contributed by atoms with Crippen molar-refractivity contribution in [3.05, 3.63) is 34.3 Å². The summed E-state index contributed by atoms with van der Waals surface area (Å²) < 4.78 is 1.03. The van der Waals surface area contributed by atoms with E-state index >= 15 is 0 Å². The van der Waals surface area contributed by atoms with E-state index in [4.69, 9.17) is 0 Å². The van der Waals surface area contributed by atoms with Crippen LogP contribution < -0.4 is 5.32 Å². The van der Waals surface area contributed by atoms with E-state index in [1.165, 1.54) is 0 Å². The summed E-state index contributed by atoms with van der Waals surface area (Å²) in [5, 5.41) is 3.05. The molecule has 0 aliphatic carbocycles. The molecular formula is C14H20BrNO. The highest BCUT2D eigenvalue weighted by atomic mass is 79.9. The van der Waals surface area contributed by atoms with Gasteiger partial charge in [-0.2, -0.15) is 0 Å². The fourth-order valence-electron chi connectivity index (χ4n) is 1.41. The molecule has 0 bridgehead atoms. The summed E-state index contributed by atoms with van der Waals surface area (Å²) in [6.07, 6.45) is 0.837. The van der Waals surface area contributed by atoms with Crippen molar-refractivity contribution in [2.75, 3.05) is 0 Å². The number of carbonyl (C=O) groups is 1. The fourth-order valence-corrected chi connectivity index (χ4v) is 1.83. The highest BCUT2D eigenvalue weighted by Crippen LogP contribution is 2.23. The van der Waals surface area contributed by atoms with Crippen LogP contribution in [0.4, 0.5) is 0 Å². The Morgan fingerprint density at radius 2 is 2.12 bits per heavy atom. The Morgan fingerprint density at radius 3 is 2.65 bits per heavy atom. The van der Waals surface area contributed by atoms with E-state index in [2.05, 4.69) is 21.2 Å². The Bertz CT molecular complexity index is 401. The maximum atomic E-state index is 12.0. The molecule has 94 valence electrons. The van der Waals surface area contributed by atoms with Crippen LogP contribution in [0.2, 0.25) is 0 Å². The van der Waals surface area contributed by atoms with Gasteiger partial charge in [0.05, 0.1) is 6.04 Å². The van der Waals surface area contributed by atoms with Gasteiger partial charge in [0.25, 0.3) is 0 Å². The number of carbonyl (C=O) groups excluding carboxylic acids is 1. The molecule has 1 amide bonds. The van der Waals surface area contributed by atoms with Gasteiger partial charge >= 0.3 is 0 Å². The standard InChI is InChI=1S/C14H20BrNO/c1-5-14(3,4)13(17)16-10(2)11-7-6-8-12(15)9-11/h6-10H,5H2,1-4H3,(H,16,17). The molecule has 3 heteroatoms. The molecule has 1 N–H and O–H groups in total. The van der Waals surface area contributed by atoms with Crippen molar-refractivity contribution in [1.82, 2.24) is 5.32 Å². The minimum absolute atomic E-state index is 0.0332. The molecule has 17 heavy (non-hydrogen) atoms. The third-order valence-corrected chi connectivity index (χ3v) is 3.69. The van der Waals surface area contributed by atoms with Gasteiger partial charge < -0.3 is 5.32 Å². The molecule has 0 fully saturated rings. The van der Waals surface area contributed by atoms with E-state index in [0.29, 0.717) is 0 Å². The molecule has 1 aromatic carbocycles. The molecule has 2 nitrogen and oxygen atoms in total. The van der Waals surface area contributed by atoms with Gasteiger partial charge in [-0.25, -0.2) is 0 Å². The largest absolute Gasteiger partial charge is 0.349 e. The third-order valence-electron chi connectivity index (χ3n) is 3.19. The van der Waals surface area contributed by atoms with Crippen LogP contribution in [-0.4, -0.2) is 5.91 Å². The van der Waals surface area contributed by atoms with Crippen LogP contribution in [0.15, 0.2) is 28.7 Å². The van der Waals surface area contributed by atoms with Crippen LogP contribution >= 0.6 is 15.9 Å². The van der Waals surface area contributed by atoms with Crippen LogP contribution in [0, 0.1) is 5.41 Å². The topological polar surface area (TPSA) is 29.1 Å². The summed E-state index contributed by atoms with van der Waals surface area (Å²) in [4.78, 5) is 12.0. The van der Waals surface area contributed by atoms with Crippen LogP contribution in [-0.2, 0) is 4.79 Å². The molecule has 0 aliphatic heterocycles. The zero-order valence-electron chi connectivity index (χ0n) is 10.9. The van der Waals surface area contributed by atoms with Crippen molar-refractivity contribution in [2.24, 2.45) is 5.41 Å². The summed E-state index contributed by atoms with van der Waals surface area (Å²) in [7, 11) is 0. The predicted molar refractivity (Wildman–Crippen MR) is 74.8 cm³/mol. The Kier molecular flexibility index (Phi) is 4.75. The van der Waals surface area contributed by atoms with Crippen LogP contribution in [0.5, 0.6) is 0 Å². The first kappa shape index (κ1) is 14.2. The molecule has 0 aromatic heterocycles. The first-order chi connectivity index (χ1) is 7.86. The summed E-state index contributed by atoms with van der Waals surface area (Å²) in [6, 6.07) is 8.05. The molecule has 0 saturated carbocycles. The lowest BCUT2D eigenvalue weighted by Crippen LogP contribution is -2.37. The molecular weight excluding hydrogens is 278 g/mol. The quantitative estimate of drug-likeness (QED) is 0.892. The molecule has 0 radical (unpaired) electrons. The predicted octanol–water partition coefficient (Wildman–Crippen LogP) is 4.06. The average molecular weight is 298 g/mol. The van der Waals surface area contributed by atoms with Gasteiger partial charge in [-0.05, 0) is 31.0 Å². The van der Waals surface area contributed by atoms with E-state index in [-0.39, 0.29) is 17.4 Å². The number of rotatable bonds is 4. The molecule has 0 aliphatic rings. The van der Waals surface area contributed by atoms with Crippen LogP contribution in [0.3, 0.4) is 0 Å². The number of nitrogens with one attached hydrogen (secondary N) is 1. The maximum absolute atomic E-state index is 12.0. The Hall–Kier alpha value is -0.830. The van der Waals surface area contributed by atoms with Gasteiger partial charge in [0.2, 0.25) is 5.91 Å². The lowest BCUT2D eigenvalue weighted by atomic mass is 9.89. The number of benzene rings is 1. The van der Waals surface area contributed by atoms with Gasteiger partial charge in [0.15, 0.2) is 0 Å². The van der Waals surface area contributed by atoms with Crippen LogP contribution in [0.25, 0.3) is 0 Å². The molecule has 1 aromatic rings. The van der Waals surface area contributed by atoms with Gasteiger partial charge in [-0.1, -0.05) is 48.8 Å². The fraction of sp³-hybridized carbons (Fsp3) is 0.500. The minimum atomic E-state index is -0.305. The number of hydrogen-bond acceptors (Lipinski definition) is 1. The molecule has 1 unspecified atom stereocenters. The molecule has 0 heterocycles. The van der Waals surface area contributed by atoms with E-state index < -0.39 is 0 Å².